The quantitative estimate of drug-likeness (QED) is 0.384. The van der Waals surface area contributed by atoms with E-state index >= 15 is 0 Å². The number of nitrogens with two attached hydrogens (primary N) is 1. The van der Waals surface area contributed by atoms with Crippen LogP contribution in [0.1, 0.15) is 39.7 Å². The number of H-pyrrole nitrogens is 1. The van der Waals surface area contributed by atoms with Gasteiger partial charge in [-0.1, -0.05) is 0 Å². The number of rotatable bonds is 3. The lowest BCUT2D eigenvalue weighted by atomic mass is 10.1. The van der Waals surface area contributed by atoms with Crippen molar-refractivity contribution in [2.24, 2.45) is 0 Å². The fraction of sp³-hybridized carbons (Fsp3) is 0.174. The maximum absolute atomic E-state index is 9.76. The van der Waals surface area contributed by atoms with Crippen LogP contribution in [0.3, 0.4) is 0 Å². The zero-order valence-corrected chi connectivity index (χ0v) is 17.2. The topological polar surface area (TPSA) is 120 Å². The molecule has 0 atom stereocenters. The molecule has 0 saturated carbocycles. The van der Waals surface area contributed by atoms with E-state index in [1.807, 2.05) is 44.4 Å². The molecule has 0 aliphatic carbocycles. The first-order valence-corrected chi connectivity index (χ1v) is 9.40. The lowest BCUT2D eigenvalue weighted by Gasteiger charge is -2.06. The molecular formula is C23H20N6O. The normalized spacial score (nSPS) is 11.6. The molecule has 7 nitrogen and oxygen atoms in total. The molecule has 0 aliphatic heterocycles. The molecule has 0 fully saturated rings. The molecule has 3 heterocycles. The number of anilines is 1. The van der Waals surface area contributed by atoms with Gasteiger partial charge in [0.25, 0.3) is 0 Å². The number of aromatic amines is 1. The molecule has 0 radical (unpaired) electrons. The van der Waals surface area contributed by atoms with Gasteiger partial charge < -0.3 is 15.1 Å². The molecule has 1 aromatic carbocycles. The predicted octanol–water partition coefficient (Wildman–Crippen LogP) is 4.70. The Balaban J connectivity index is 1.84. The van der Waals surface area contributed by atoms with Crippen LogP contribution < -0.4 is 5.73 Å². The van der Waals surface area contributed by atoms with E-state index in [0.717, 1.165) is 33.5 Å². The van der Waals surface area contributed by atoms with Gasteiger partial charge in [0.15, 0.2) is 0 Å². The summed E-state index contributed by atoms with van der Waals surface area (Å²) in [5.41, 5.74) is 12.3. The van der Waals surface area contributed by atoms with Crippen LogP contribution in [0.4, 0.5) is 5.69 Å². The molecule has 0 spiro atoms. The minimum Gasteiger partial charge on any atom is -0.443 e. The van der Waals surface area contributed by atoms with Crippen LogP contribution in [0, 0.1) is 50.4 Å². The van der Waals surface area contributed by atoms with Gasteiger partial charge in [-0.25, -0.2) is 4.98 Å². The Kier molecular flexibility index (Phi) is 4.45. The van der Waals surface area contributed by atoms with Crippen molar-refractivity contribution in [3.8, 4) is 18.0 Å². The van der Waals surface area contributed by atoms with Gasteiger partial charge in [0.05, 0.1) is 16.6 Å². The van der Waals surface area contributed by atoms with Gasteiger partial charge in [0.1, 0.15) is 29.3 Å². The Labute approximate surface area is 173 Å². The molecule has 3 aromatic heterocycles. The first-order chi connectivity index (χ1) is 14.3. The summed E-state index contributed by atoms with van der Waals surface area (Å²) in [6, 6.07) is 11.8. The number of aromatic nitrogens is 3. The van der Waals surface area contributed by atoms with Crippen molar-refractivity contribution in [3.63, 3.8) is 0 Å². The summed E-state index contributed by atoms with van der Waals surface area (Å²) in [5.74, 6) is 1.69. The van der Waals surface area contributed by atoms with E-state index in [9.17, 15) is 10.5 Å². The van der Waals surface area contributed by atoms with Gasteiger partial charge in [-0.2, -0.15) is 10.5 Å². The first-order valence-electron chi connectivity index (χ1n) is 9.40. The van der Waals surface area contributed by atoms with Crippen LogP contribution in [0.25, 0.3) is 28.6 Å². The van der Waals surface area contributed by atoms with E-state index in [2.05, 4.69) is 22.1 Å². The summed E-state index contributed by atoms with van der Waals surface area (Å²) >= 11 is 0. The SMILES string of the molecule is Cc1oc(-n2c(C)cc(C=C(C#N)c3nc4ccc(N)cc4[nH]3)c2C)c(C#N)c1C. The highest BCUT2D eigenvalue weighted by molar-refractivity contribution is 5.91. The van der Waals surface area contributed by atoms with E-state index in [-0.39, 0.29) is 0 Å². The summed E-state index contributed by atoms with van der Waals surface area (Å²) in [6.45, 7) is 7.59. The predicted molar refractivity (Wildman–Crippen MR) is 116 cm³/mol. The number of fused-ring (bicyclic) bond motifs is 1. The van der Waals surface area contributed by atoms with Crippen molar-refractivity contribution >= 4 is 28.4 Å². The van der Waals surface area contributed by atoms with Crippen molar-refractivity contribution in [1.29, 1.82) is 10.5 Å². The molecule has 4 rings (SSSR count). The minimum absolute atomic E-state index is 0.400. The van der Waals surface area contributed by atoms with Crippen LogP contribution in [-0.4, -0.2) is 14.5 Å². The summed E-state index contributed by atoms with van der Waals surface area (Å²) < 4.78 is 7.79. The number of nitrogen functional groups attached to an aromatic ring is 1. The molecule has 148 valence electrons. The number of nitriles is 2. The highest BCUT2D eigenvalue weighted by Crippen LogP contribution is 2.30. The zero-order chi connectivity index (χ0) is 21.6. The van der Waals surface area contributed by atoms with Crippen molar-refractivity contribution in [2.45, 2.75) is 27.7 Å². The lowest BCUT2D eigenvalue weighted by Crippen LogP contribution is -2.00. The molecule has 0 bridgehead atoms. The van der Waals surface area contributed by atoms with E-state index in [1.165, 1.54) is 0 Å². The third kappa shape index (κ3) is 2.94. The summed E-state index contributed by atoms with van der Waals surface area (Å²) in [7, 11) is 0. The molecular weight excluding hydrogens is 376 g/mol. The van der Waals surface area contributed by atoms with E-state index in [0.29, 0.717) is 34.3 Å². The smallest absolute Gasteiger partial charge is 0.222 e. The number of nitrogens with zero attached hydrogens (tertiary/aromatic N) is 4. The molecule has 0 unspecified atom stereocenters. The van der Waals surface area contributed by atoms with Gasteiger partial charge in [-0.05, 0) is 63.6 Å². The van der Waals surface area contributed by atoms with E-state index in [4.69, 9.17) is 10.2 Å². The van der Waals surface area contributed by atoms with Crippen molar-refractivity contribution in [3.05, 3.63) is 63.9 Å². The highest BCUT2D eigenvalue weighted by atomic mass is 16.4. The second-order valence-corrected chi connectivity index (χ2v) is 7.27. The van der Waals surface area contributed by atoms with Crippen molar-refractivity contribution in [2.75, 3.05) is 5.73 Å². The third-order valence-electron chi connectivity index (χ3n) is 5.33. The van der Waals surface area contributed by atoms with E-state index < -0.39 is 0 Å². The molecule has 0 amide bonds. The Hall–Kier alpha value is -4.23. The number of imidazole rings is 1. The monoisotopic (exact) mass is 396 g/mol. The second kappa shape index (κ2) is 6.98. The third-order valence-corrected chi connectivity index (χ3v) is 5.33. The minimum atomic E-state index is 0.400. The Morgan fingerprint density at radius 3 is 2.67 bits per heavy atom. The fourth-order valence-corrected chi connectivity index (χ4v) is 3.61. The Morgan fingerprint density at radius 1 is 1.20 bits per heavy atom. The fourth-order valence-electron chi connectivity index (χ4n) is 3.61. The van der Waals surface area contributed by atoms with Crippen molar-refractivity contribution < 1.29 is 4.42 Å². The number of allylic oxidation sites excluding steroid dienone is 1. The van der Waals surface area contributed by atoms with Gasteiger partial charge >= 0.3 is 0 Å². The zero-order valence-electron chi connectivity index (χ0n) is 17.2. The molecule has 30 heavy (non-hydrogen) atoms. The number of nitrogens with one attached hydrogen (secondary N) is 1. The van der Waals surface area contributed by atoms with Crippen LogP contribution in [-0.2, 0) is 0 Å². The molecule has 0 aliphatic rings. The van der Waals surface area contributed by atoms with Gasteiger partial charge in [-0.15, -0.1) is 0 Å². The maximum atomic E-state index is 9.76. The molecule has 0 saturated heterocycles. The van der Waals surface area contributed by atoms with Gasteiger partial charge in [-0.3, -0.25) is 4.57 Å². The van der Waals surface area contributed by atoms with Crippen molar-refractivity contribution in [1.82, 2.24) is 14.5 Å². The standard InChI is InChI=1S/C23H20N6O/c1-12-7-16(14(3)29(12)23-19(11-25)13(2)15(4)30-23)8-17(10-24)22-27-20-6-5-18(26)9-21(20)28-22/h5-9H,26H2,1-4H3,(H,27,28). The van der Waals surface area contributed by atoms with Crippen LogP contribution >= 0.6 is 0 Å². The number of aryl methyl sites for hydroxylation is 2. The summed E-state index contributed by atoms with van der Waals surface area (Å²) in [5, 5.41) is 19.3. The summed E-state index contributed by atoms with van der Waals surface area (Å²) in [4.78, 5) is 7.67. The van der Waals surface area contributed by atoms with Crippen LogP contribution in [0.15, 0.2) is 28.7 Å². The number of benzene rings is 1. The van der Waals surface area contributed by atoms with E-state index in [1.54, 1.807) is 18.2 Å². The summed E-state index contributed by atoms with van der Waals surface area (Å²) in [6.07, 6.45) is 1.79. The average molecular weight is 396 g/mol. The average Bonchev–Trinajstić information content (AvgIpc) is 3.33. The van der Waals surface area contributed by atoms with Gasteiger partial charge in [0.2, 0.25) is 5.88 Å². The lowest BCUT2D eigenvalue weighted by molar-refractivity contribution is 0.503. The maximum Gasteiger partial charge on any atom is 0.222 e. The highest BCUT2D eigenvalue weighted by Gasteiger charge is 2.20. The molecule has 4 aromatic rings. The van der Waals surface area contributed by atoms with Crippen LogP contribution in [0.5, 0.6) is 0 Å². The van der Waals surface area contributed by atoms with Gasteiger partial charge in [0, 0.05) is 22.6 Å². The number of hydrogen-bond donors (Lipinski definition) is 2. The largest absolute Gasteiger partial charge is 0.443 e. The molecule has 3 N–H and O–H groups in total. The van der Waals surface area contributed by atoms with Crippen LogP contribution in [0.2, 0.25) is 0 Å². The molecule has 7 heteroatoms. The number of hydrogen-bond acceptors (Lipinski definition) is 5. The first kappa shape index (κ1) is 19.1. The Bertz CT molecular complexity index is 1410. The second-order valence-electron chi connectivity index (χ2n) is 7.27. The number of furan rings is 1. The Morgan fingerprint density at radius 2 is 1.97 bits per heavy atom.